The maximum absolute atomic E-state index is 10.8. The van der Waals surface area contributed by atoms with Gasteiger partial charge in [-0.2, -0.15) is 9.97 Å². The third kappa shape index (κ3) is 3.08. The van der Waals surface area contributed by atoms with Crippen LogP contribution in [0.25, 0.3) is 11.0 Å². The van der Waals surface area contributed by atoms with Crippen molar-refractivity contribution in [1.29, 1.82) is 0 Å². The van der Waals surface area contributed by atoms with Crippen molar-refractivity contribution in [2.45, 2.75) is 19.3 Å². The number of nitrogens with two attached hydrogens (primary N) is 1. The molecule has 3 aromatic rings. The van der Waals surface area contributed by atoms with E-state index in [9.17, 15) is 9.90 Å². The van der Waals surface area contributed by atoms with Crippen LogP contribution in [0.4, 0.5) is 5.95 Å². The minimum absolute atomic E-state index is 0.0296. The van der Waals surface area contributed by atoms with E-state index < -0.39 is 5.97 Å². The first-order valence-electron chi connectivity index (χ1n) is 7.19. The number of aromatic amines is 1. The van der Waals surface area contributed by atoms with Crippen LogP contribution in [0.3, 0.4) is 0 Å². The van der Waals surface area contributed by atoms with Gasteiger partial charge < -0.3 is 20.9 Å². The van der Waals surface area contributed by atoms with E-state index >= 15 is 0 Å². The molecule has 7 nitrogen and oxygen atoms in total. The van der Waals surface area contributed by atoms with Crippen LogP contribution in [0.5, 0.6) is 5.88 Å². The molecule has 2 aromatic heterocycles. The number of hydrogen-bond donors (Lipinski definition) is 4. The number of aromatic hydroxyl groups is 1. The highest BCUT2D eigenvalue weighted by molar-refractivity contribution is 5.87. The summed E-state index contributed by atoms with van der Waals surface area (Å²) in [5.41, 5.74) is 8.31. The summed E-state index contributed by atoms with van der Waals surface area (Å²) in [5.74, 6) is -1.01. The summed E-state index contributed by atoms with van der Waals surface area (Å²) in [6.07, 6.45) is 4.19. The molecule has 0 bridgehead atoms. The van der Waals surface area contributed by atoms with Crippen molar-refractivity contribution in [3.05, 3.63) is 47.2 Å². The molecule has 7 heteroatoms. The number of carboxylic acid groups (broad SMARTS) is 1. The first kappa shape index (κ1) is 14.8. The molecule has 0 saturated heterocycles. The molecule has 0 aliphatic heterocycles. The summed E-state index contributed by atoms with van der Waals surface area (Å²) in [5, 5.41) is 19.4. The summed E-state index contributed by atoms with van der Waals surface area (Å²) in [6.45, 7) is 0. The van der Waals surface area contributed by atoms with Crippen molar-refractivity contribution in [3.8, 4) is 5.88 Å². The van der Waals surface area contributed by atoms with E-state index in [2.05, 4.69) is 15.0 Å². The first-order valence-corrected chi connectivity index (χ1v) is 7.19. The minimum Gasteiger partial charge on any atom is -0.493 e. The number of nitrogen functional groups attached to an aromatic ring is 1. The predicted molar refractivity (Wildman–Crippen MR) is 85.4 cm³/mol. The van der Waals surface area contributed by atoms with E-state index in [1.54, 1.807) is 18.3 Å². The average molecular weight is 312 g/mol. The lowest BCUT2D eigenvalue weighted by atomic mass is 10.0. The molecule has 0 aliphatic carbocycles. The smallest absolute Gasteiger partial charge is 0.335 e. The van der Waals surface area contributed by atoms with Crippen LogP contribution in [-0.4, -0.2) is 31.1 Å². The summed E-state index contributed by atoms with van der Waals surface area (Å²) >= 11 is 0. The van der Waals surface area contributed by atoms with E-state index in [0.717, 1.165) is 30.4 Å². The van der Waals surface area contributed by atoms with E-state index in [0.29, 0.717) is 11.0 Å². The number of nitrogens with one attached hydrogen (secondary N) is 1. The number of aromatic carboxylic acids is 1. The van der Waals surface area contributed by atoms with Crippen LogP contribution in [0.1, 0.15) is 27.9 Å². The molecule has 0 spiro atoms. The third-order valence-corrected chi connectivity index (χ3v) is 3.72. The van der Waals surface area contributed by atoms with Gasteiger partial charge in [0.25, 0.3) is 0 Å². The molecule has 23 heavy (non-hydrogen) atoms. The van der Waals surface area contributed by atoms with Crippen LogP contribution < -0.4 is 5.73 Å². The Labute approximate surface area is 131 Å². The van der Waals surface area contributed by atoms with Crippen LogP contribution in [0.15, 0.2) is 30.5 Å². The lowest BCUT2D eigenvalue weighted by Gasteiger charge is -2.03. The Kier molecular flexibility index (Phi) is 3.84. The number of benzene rings is 1. The summed E-state index contributed by atoms with van der Waals surface area (Å²) in [6, 6.07) is 6.84. The second-order valence-electron chi connectivity index (χ2n) is 5.30. The summed E-state index contributed by atoms with van der Waals surface area (Å²) < 4.78 is 0. The van der Waals surface area contributed by atoms with Gasteiger partial charge in [0.15, 0.2) is 0 Å². The highest BCUT2D eigenvalue weighted by Gasteiger charge is 2.12. The average Bonchev–Trinajstić information content (AvgIpc) is 2.91. The summed E-state index contributed by atoms with van der Waals surface area (Å²) in [7, 11) is 0. The molecule has 0 fully saturated rings. The van der Waals surface area contributed by atoms with Crippen molar-refractivity contribution >= 4 is 23.0 Å². The monoisotopic (exact) mass is 312 g/mol. The van der Waals surface area contributed by atoms with Gasteiger partial charge in [-0.15, -0.1) is 0 Å². The number of fused-ring (bicyclic) bond motifs is 1. The van der Waals surface area contributed by atoms with Crippen molar-refractivity contribution < 1.29 is 15.0 Å². The summed E-state index contributed by atoms with van der Waals surface area (Å²) in [4.78, 5) is 21.6. The van der Waals surface area contributed by atoms with Gasteiger partial charge in [-0.25, -0.2) is 4.79 Å². The predicted octanol–water partition coefficient (Wildman–Crippen LogP) is 2.12. The molecule has 118 valence electrons. The number of aryl methyl sites for hydroxylation is 2. The van der Waals surface area contributed by atoms with Gasteiger partial charge in [-0.1, -0.05) is 12.1 Å². The Bertz CT molecular complexity index is 856. The fourth-order valence-corrected chi connectivity index (χ4v) is 2.59. The van der Waals surface area contributed by atoms with Gasteiger partial charge in [-0.3, -0.25) is 0 Å². The van der Waals surface area contributed by atoms with Gasteiger partial charge >= 0.3 is 5.97 Å². The minimum atomic E-state index is -0.926. The fraction of sp³-hybridized carbons (Fsp3) is 0.188. The quantitative estimate of drug-likeness (QED) is 0.572. The van der Waals surface area contributed by atoms with E-state index in [-0.39, 0.29) is 17.4 Å². The third-order valence-electron chi connectivity index (χ3n) is 3.72. The van der Waals surface area contributed by atoms with Gasteiger partial charge in [0.05, 0.1) is 10.9 Å². The van der Waals surface area contributed by atoms with Crippen molar-refractivity contribution in [2.24, 2.45) is 0 Å². The van der Waals surface area contributed by atoms with E-state index in [1.807, 2.05) is 12.1 Å². The maximum atomic E-state index is 10.8. The highest BCUT2D eigenvalue weighted by atomic mass is 16.4. The molecule has 1 aromatic carbocycles. The van der Waals surface area contributed by atoms with Crippen LogP contribution in [-0.2, 0) is 12.8 Å². The molecule has 0 radical (unpaired) electrons. The van der Waals surface area contributed by atoms with E-state index in [4.69, 9.17) is 10.8 Å². The van der Waals surface area contributed by atoms with Gasteiger partial charge in [0, 0.05) is 6.20 Å². The Morgan fingerprint density at radius 2 is 1.91 bits per heavy atom. The number of aromatic nitrogens is 3. The lowest BCUT2D eigenvalue weighted by molar-refractivity contribution is 0.0697. The molecule has 5 N–H and O–H groups in total. The molecule has 0 amide bonds. The number of carboxylic acids is 1. The van der Waals surface area contributed by atoms with Crippen molar-refractivity contribution in [1.82, 2.24) is 15.0 Å². The first-order chi connectivity index (χ1) is 11.0. The molecule has 0 unspecified atom stereocenters. The van der Waals surface area contributed by atoms with Crippen molar-refractivity contribution in [3.63, 3.8) is 0 Å². The lowest BCUT2D eigenvalue weighted by Crippen LogP contribution is -1.97. The number of rotatable bonds is 5. The molecule has 0 atom stereocenters. The second-order valence-corrected chi connectivity index (χ2v) is 5.30. The molecule has 0 saturated carbocycles. The molecular weight excluding hydrogens is 296 g/mol. The van der Waals surface area contributed by atoms with Gasteiger partial charge in [0.2, 0.25) is 11.8 Å². The molecule has 0 aliphatic rings. The Morgan fingerprint density at radius 3 is 2.61 bits per heavy atom. The van der Waals surface area contributed by atoms with Crippen molar-refractivity contribution in [2.75, 3.05) is 5.73 Å². The normalized spacial score (nSPS) is 11.0. The molecular formula is C16H16N4O3. The van der Waals surface area contributed by atoms with Crippen LogP contribution >= 0.6 is 0 Å². The Balaban J connectivity index is 1.68. The number of anilines is 1. The Hall–Kier alpha value is -3.09. The zero-order valence-corrected chi connectivity index (χ0v) is 12.3. The second kappa shape index (κ2) is 5.96. The van der Waals surface area contributed by atoms with Gasteiger partial charge in [-0.05, 0) is 42.5 Å². The van der Waals surface area contributed by atoms with Crippen LogP contribution in [0, 0.1) is 0 Å². The number of nitrogens with zero attached hydrogens (tertiary/aromatic N) is 2. The van der Waals surface area contributed by atoms with Gasteiger partial charge in [0.1, 0.15) is 5.65 Å². The largest absolute Gasteiger partial charge is 0.493 e. The number of carbonyl (C=O) groups is 1. The maximum Gasteiger partial charge on any atom is 0.335 e. The van der Waals surface area contributed by atoms with Crippen LogP contribution in [0.2, 0.25) is 0 Å². The number of H-pyrrole nitrogens is 1. The SMILES string of the molecule is Nc1nc(O)c2c(CCCc3ccc(C(=O)O)cc3)c[nH]c2n1. The molecule has 2 heterocycles. The standard InChI is InChI=1S/C16H16N4O3/c17-16-19-13-12(14(21)20-16)11(8-18-13)3-1-2-9-4-6-10(7-5-9)15(22)23/h4-8H,1-3H2,(H,22,23)(H4,17,18,19,20,21). The zero-order valence-electron chi connectivity index (χ0n) is 12.3. The number of hydrogen-bond acceptors (Lipinski definition) is 5. The fourth-order valence-electron chi connectivity index (χ4n) is 2.59. The highest BCUT2D eigenvalue weighted by Crippen LogP contribution is 2.26. The van der Waals surface area contributed by atoms with E-state index in [1.165, 1.54) is 0 Å². The topological polar surface area (TPSA) is 125 Å². The Morgan fingerprint density at radius 1 is 1.17 bits per heavy atom. The zero-order chi connectivity index (χ0) is 16.4. The molecule has 3 rings (SSSR count).